The molecule has 0 aromatic rings. The molecule has 5 heteroatoms. The highest BCUT2D eigenvalue weighted by molar-refractivity contribution is 8.00. The van der Waals surface area contributed by atoms with Crippen molar-refractivity contribution in [2.45, 2.75) is 12.2 Å². The van der Waals surface area contributed by atoms with Gasteiger partial charge in [-0.1, -0.05) is 0 Å². The average Bonchev–Trinajstić information content (AvgIpc) is 2.17. The van der Waals surface area contributed by atoms with Crippen molar-refractivity contribution in [3.63, 3.8) is 0 Å². The van der Waals surface area contributed by atoms with Crippen molar-refractivity contribution in [1.29, 1.82) is 0 Å². The zero-order chi connectivity index (χ0) is 9.84. The minimum atomic E-state index is -0.240. The molecule has 1 unspecified atom stereocenters. The van der Waals surface area contributed by atoms with Gasteiger partial charge in [0.2, 0.25) is 5.91 Å². The molecule has 0 spiro atoms. The molecule has 0 aromatic heterocycles. The van der Waals surface area contributed by atoms with Crippen LogP contribution in [-0.4, -0.2) is 48.0 Å². The highest BCUT2D eigenvalue weighted by Crippen LogP contribution is 2.19. The van der Waals surface area contributed by atoms with Crippen molar-refractivity contribution in [2.75, 3.05) is 26.0 Å². The largest absolute Gasteiger partial charge is 0.468 e. The highest BCUT2D eigenvalue weighted by atomic mass is 32.2. The maximum atomic E-state index is 11.2. The fourth-order valence-electron chi connectivity index (χ4n) is 1.21. The van der Waals surface area contributed by atoms with Gasteiger partial charge >= 0.3 is 5.97 Å². The zero-order valence-electron chi connectivity index (χ0n) is 7.78. The van der Waals surface area contributed by atoms with E-state index in [1.807, 2.05) is 0 Å². The first-order chi connectivity index (χ1) is 6.15. The third-order valence-corrected chi connectivity index (χ3v) is 3.14. The third-order valence-electron chi connectivity index (χ3n) is 1.98. The molecular formula is C8H13NO3S. The predicted molar refractivity (Wildman–Crippen MR) is 50.5 cm³/mol. The van der Waals surface area contributed by atoms with Crippen LogP contribution in [0.2, 0.25) is 0 Å². The second kappa shape index (κ2) is 4.50. The Hall–Kier alpha value is -0.710. The molecule has 4 nitrogen and oxygen atoms in total. The van der Waals surface area contributed by atoms with Crippen LogP contribution < -0.4 is 0 Å². The number of carbonyl (C=O) groups excluding carboxylic acids is 2. The van der Waals surface area contributed by atoms with E-state index in [1.165, 1.54) is 14.0 Å². The van der Waals surface area contributed by atoms with Gasteiger partial charge in [-0.25, -0.2) is 0 Å². The van der Waals surface area contributed by atoms with E-state index < -0.39 is 0 Å². The third kappa shape index (κ3) is 2.62. The molecule has 1 aliphatic rings. The lowest BCUT2D eigenvalue weighted by Gasteiger charge is -2.29. The van der Waals surface area contributed by atoms with Crippen molar-refractivity contribution in [1.82, 2.24) is 4.90 Å². The fraction of sp³-hybridized carbons (Fsp3) is 0.750. The van der Waals surface area contributed by atoms with Crippen LogP contribution in [-0.2, 0) is 14.3 Å². The molecule has 1 saturated heterocycles. The molecule has 0 aliphatic carbocycles. The lowest BCUT2D eigenvalue weighted by Crippen LogP contribution is -2.43. The Bertz CT molecular complexity index is 219. The van der Waals surface area contributed by atoms with Gasteiger partial charge in [0.1, 0.15) is 5.25 Å². The Kier molecular flexibility index (Phi) is 3.59. The number of thioether (sulfide) groups is 1. The summed E-state index contributed by atoms with van der Waals surface area (Å²) in [6.45, 7) is 2.73. The van der Waals surface area contributed by atoms with Gasteiger partial charge in [0.15, 0.2) is 0 Å². The Labute approximate surface area is 81.6 Å². The Balaban J connectivity index is 2.51. The fourth-order valence-corrected chi connectivity index (χ4v) is 2.34. The second-order valence-electron chi connectivity index (χ2n) is 2.85. The summed E-state index contributed by atoms with van der Waals surface area (Å²) < 4.78 is 4.62. The summed E-state index contributed by atoms with van der Waals surface area (Å²) in [6, 6.07) is 0. The van der Waals surface area contributed by atoms with Crippen molar-refractivity contribution < 1.29 is 14.3 Å². The molecule has 1 atom stereocenters. The minimum Gasteiger partial charge on any atom is -0.468 e. The molecule has 0 aromatic carbocycles. The van der Waals surface area contributed by atoms with Crippen LogP contribution in [0, 0.1) is 0 Å². The Morgan fingerprint density at radius 3 is 2.77 bits per heavy atom. The number of hydrogen-bond donors (Lipinski definition) is 0. The normalized spacial score (nSPS) is 22.6. The van der Waals surface area contributed by atoms with Crippen LogP contribution in [0.15, 0.2) is 0 Å². The van der Waals surface area contributed by atoms with E-state index in [1.54, 1.807) is 16.7 Å². The van der Waals surface area contributed by atoms with E-state index >= 15 is 0 Å². The number of methoxy groups -OCH3 is 1. The number of rotatable bonds is 1. The quantitative estimate of drug-likeness (QED) is 0.568. The summed E-state index contributed by atoms with van der Waals surface area (Å²) in [6.07, 6.45) is 0. The molecule has 1 heterocycles. The number of ether oxygens (including phenoxy) is 1. The summed E-state index contributed by atoms with van der Waals surface area (Å²) >= 11 is 1.55. The van der Waals surface area contributed by atoms with Crippen molar-refractivity contribution in [2.24, 2.45) is 0 Å². The van der Waals surface area contributed by atoms with E-state index in [9.17, 15) is 9.59 Å². The van der Waals surface area contributed by atoms with Gasteiger partial charge in [-0.2, -0.15) is 0 Å². The van der Waals surface area contributed by atoms with Crippen LogP contribution in [0.5, 0.6) is 0 Å². The topological polar surface area (TPSA) is 46.6 Å². The number of nitrogens with zero attached hydrogens (tertiary/aromatic N) is 1. The molecule has 0 N–H and O–H groups in total. The first kappa shape index (κ1) is 10.4. The van der Waals surface area contributed by atoms with E-state index in [0.717, 1.165) is 12.3 Å². The average molecular weight is 203 g/mol. The summed E-state index contributed by atoms with van der Waals surface area (Å²) in [5, 5.41) is -0.206. The molecule has 1 fully saturated rings. The SMILES string of the molecule is COC(=O)C1CN(C(C)=O)CCS1. The molecule has 13 heavy (non-hydrogen) atoms. The summed E-state index contributed by atoms with van der Waals surface area (Å²) in [4.78, 5) is 23.9. The maximum absolute atomic E-state index is 11.2. The van der Waals surface area contributed by atoms with Gasteiger partial charge in [-0.3, -0.25) is 9.59 Å². The molecule has 0 radical (unpaired) electrons. The molecular weight excluding hydrogens is 190 g/mol. The summed E-state index contributed by atoms with van der Waals surface area (Å²) in [5.74, 6) is 0.587. The van der Waals surface area contributed by atoms with Gasteiger partial charge in [-0.15, -0.1) is 11.8 Å². The molecule has 0 bridgehead atoms. The van der Waals surface area contributed by atoms with Gasteiger partial charge in [-0.05, 0) is 0 Å². The highest BCUT2D eigenvalue weighted by Gasteiger charge is 2.27. The van der Waals surface area contributed by atoms with Crippen LogP contribution in [0.4, 0.5) is 0 Å². The predicted octanol–water partition coefficient (Wildman–Crippen LogP) is 0.123. The van der Waals surface area contributed by atoms with Crippen LogP contribution in [0.25, 0.3) is 0 Å². The molecule has 1 aliphatic heterocycles. The molecule has 0 saturated carbocycles. The van der Waals surface area contributed by atoms with E-state index in [4.69, 9.17) is 0 Å². The van der Waals surface area contributed by atoms with Crippen molar-refractivity contribution >= 4 is 23.6 Å². The van der Waals surface area contributed by atoms with E-state index in [2.05, 4.69) is 4.74 Å². The lowest BCUT2D eigenvalue weighted by molar-refractivity contribution is -0.141. The van der Waals surface area contributed by atoms with Crippen molar-refractivity contribution in [3.8, 4) is 0 Å². The standard InChI is InChI=1S/C8H13NO3S/c1-6(10)9-3-4-13-7(5-9)8(11)12-2/h7H,3-5H2,1-2H3. The van der Waals surface area contributed by atoms with Crippen LogP contribution in [0.3, 0.4) is 0 Å². The summed E-state index contributed by atoms with van der Waals surface area (Å²) in [5.41, 5.74) is 0. The van der Waals surface area contributed by atoms with E-state index in [-0.39, 0.29) is 17.1 Å². The number of hydrogen-bond acceptors (Lipinski definition) is 4. The van der Waals surface area contributed by atoms with Crippen LogP contribution in [0.1, 0.15) is 6.92 Å². The monoisotopic (exact) mass is 203 g/mol. The van der Waals surface area contributed by atoms with Gasteiger partial charge < -0.3 is 9.64 Å². The minimum absolute atomic E-state index is 0.0224. The zero-order valence-corrected chi connectivity index (χ0v) is 8.60. The first-order valence-electron chi connectivity index (χ1n) is 4.10. The number of esters is 1. The molecule has 1 amide bonds. The number of amides is 1. The van der Waals surface area contributed by atoms with Crippen molar-refractivity contribution in [3.05, 3.63) is 0 Å². The Morgan fingerprint density at radius 2 is 2.23 bits per heavy atom. The summed E-state index contributed by atoms with van der Waals surface area (Å²) in [7, 11) is 1.37. The van der Waals surface area contributed by atoms with Gasteiger partial charge in [0.25, 0.3) is 0 Å². The molecule has 1 rings (SSSR count). The second-order valence-corrected chi connectivity index (χ2v) is 4.16. The van der Waals surface area contributed by atoms with Gasteiger partial charge in [0, 0.05) is 25.8 Å². The lowest BCUT2D eigenvalue weighted by atomic mass is 10.3. The molecule has 74 valence electrons. The smallest absolute Gasteiger partial charge is 0.320 e. The maximum Gasteiger partial charge on any atom is 0.320 e. The Morgan fingerprint density at radius 1 is 1.54 bits per heavy atom. The van der Waals surface area contributed by atoms with Crippen LogP contribution >= 0.6 is 11.8 Å². The number of carbonyl (C=O) groups is 2. The van der Waals surface area contributed by atoms with E-state index in [0.29, 0.717) is 6.54 Å². The van der Waals surface area contributed by atoms with Gasteiger partial charge in [0.05, 0.1) is 7.11 Å². The first-order valence-corrected chi connectivity index (χ1v) is 5.15.